The van der Waals surface area contributed by atoms with Gasteiger partial charge in [-0.05, 0) is 24.7 Å². The van der Waals surface area contributed by atoms with Crippen molar-refractivity contribution in [2.45, 2.75) is 52.1 Å². The Morgan fingerprint density at radius 2 is 2.20 bits per heavy atom. The van der Waals surface area contributed by atoms with E-state index in [4.69, 9.17) is 4.74 Å². The third kappa shape index (κ3) is 3.83. The molecule has 2 rings (SSSR count). The average Bonchev–Trinajstić information content (AvgIpc) is 2.92. The minimum Gasteiger partial charge on any atom is -0.383 e. The van der Waals surface area contributed by atoms with Crippen LogP contribution in [0.5, 0.6) is 0 Å². The van der Waals surface area contributed by atoms with Crippen molar-refractivity contribution >= 4 is 0 Å². The second-order valence-corrected chi connectivity index (χ2v) is 6.22. The van der Waals surface area contributed by atoms with Gasteiger partial charge in [0, 0.05) is 32.4 Å². The molecular formula is C16H29N3O. The maximum atomic E-state index is 5.07. The van der Waals surface area contributed by atoms with Gasteiger partial charge in [-0.25, -0.2) is 4.98 Å². The lowest BCUT2D eigenvalue weighted by Crippen LogP contribution is -2.29. The molecule has 0 spiro atoms. The Morgan fingerprint density at radius 1 is 1.40 bits per heavy atom. The molecule has 0 aliphatic heterocycles. The monoisotopic (exact) mass is 279 g/mol. The molecule has 4 nitrogen and oxygen atoms in total. The maximum absolute atomic E-state index is 5.07. The van der Waals surface area contributed by atoms with Crippen LogP contribution in [0.4, 0.5) is 0 Å². The summed E-state index contributed by atoms with van der Waals surface area (Å²) in [5.41, 5.74) is 1.30. The van der Waals surface area contributed by atoms with Crippen LogP contribution in [-0.4, -0.2) is 29.8 Å². The molecule has 1 aliphatic carbocycles. The number of hydrogen-bond acceptors (Lipinski definition) is 3. The maximum Gasteiger partial charge on any atom is 0.0951 e. The zero-order valence-electron chi connectivity index (χ0n) is 13.1. The first kappa shape index (κ1) is 15.5. The van der Waals surface area contributed by atoms with E-state index in [1.54, 1.807) is 7.11 Å². The summed E-state index contributed by atoms with van der Waals surface area (Å²) in [5, 5.41) is 3.43. The van der Waals surface area contributed by atoms with Crippen LogP contribution in [0, 0.1) is 11.8 Å². The summed E-state index contributed by atoms with van der Waals surface area (Å²) in [6, 6.07) is 0.630. The predicted molar refractivity (Wildman–Crippen MR) is 81.6 cm³/mol. The first-order valence-electron chi connectivity index (χ1n) is 7.94. The van der Waals surface area contributed by atoms with Crippen molar-refractivity contribution in [3.05, 3.63) is 18.2 Å². The number of methoxy groups -OCH3 is 1. The van der Waals surface area contributed by atoms with Crippen LogP contribution in [0.1, 0.15) is 51.3 Å². The van der Waals surface area contributed by atoms with Crippen molar-refractivity contribution in [2.24, 2.45) is 11.8 Å². The van der Waals surface area contributed by atoms with E-state index in [0.29, 0.717) is 6.04 Å². The molecule has 0 amide bonds. The molecule has 0 radical (unpaired) electrons. The molecule has 0 aromatic carbocycles. The largest absolute Gasteiger partial charge is 0.383 e. The Balaban J connectivity index is 2.01. The molecule has 1 aromatic rings. The molecule has 20 heavy (non-hydrogen) atoms. The van der Waals surface area contributed by atoms with Crippen LogP contribution in [0.25, 0.3) is 0 Å². The van der Waals surface area contributed by atoms with Gasteiger partial charge in [-0.15, -0.1) is 0 Å². The number of nitrogens with one attached hydrogen (secondary N) is 1. The number of hydrogen-bond donors (Lipinski definition) is 1. The Bertz CT molecular complexity index is 389. The summed E-state index contributed by atoms with van der Waals surface area (Å²) < 4.78 is 7.49. The lowest BCUT2D eigenvalue weighted by atomic mass is 9.77. The van der Waals surface area contributed by atoms with E-state index >= 15 is 0 Å². The van der Waals surface area contributed by atoms with Crippen LogP contribution < -0.4 is 5.32 Å². The highest BCUT2D eigenvalue weighted by Gasteiger charge is 2.29. The fourth-order valence-corrected chi connectivity index (χ4v) is 3.42. The van der Waals surface area contributed by atoms with E-state index in [-0.39, 0.29) is 0 Å². The van der Waals surface area contributed by atoms with E-state index in [2.05, 4.69) is 28.7 Å². The van der Waals surface area contributed by atoms with Crippen LogP contribution >= 0.6 is 0 Å². The molecule has 1 aromatic heterocycles. The number of nitrogens with zero attached hydrogens (tertiary/aromatic N) is 2. The molecule has 2 atom stereocenters. The highest BCUT2D eigenvalue weighted by molar-refractivity contribution is 5.02. The standard InChI is InChI=1S/C16H29N3O/c1-13(2)15-6-4-5-7-16(15)19-12-18-11-14(19)10-17-8-9-20-3/h11-13,15-17H,4-10H2,1-3H3. The van der Waals surface area contributed by atoms with Gasteiger partial charge in [0.2, 0.25) is 0 Å². The van der Waals surface area contributed by atoms with Crippen molar-refractivity contribution in [1.29, 1.82) is 0 Å². The minimum absolute atomic E-state index is 0.630. The molecule has 0 saturated heterocycles. The molecule has 1 aliphatic rings. The minimum atomic E-state index is 0.630. The third-order valence-corrected chi connectivity index (χ3v) is 4.53. The summed E-state index contributed by atoms with van der Waals surface area (Å²) in [6.07, 6.45) is 9.42. The van der Waals surface area contributed by atoms with Crippen molar-refractivity contribution < 1.29 is 4.74 Å². The summed E-state index contributed by atoms with van der Waals surface area (Å²) in [6.45, 7) is 7.24. The summed E-state index contributed by atoms with van der Waals surface area (Å²) in [4.78, 5) is 4.38. The van der Waals surface area contributed by atoms with Gasteiger partial charge in [-0.3, -0.25) is 0 Å². The van der Waals surface area contributed by atoms with E-state index in [1.165, 1.54) is 31.4 Å². The SMILES string of the molecule is COCCNCc1cncn1C1CCCCC1C(C)C. The second-order valence-electron chi connectivity index (χ2n) is 6.22. The van der Waals surface area contributed by atoms with Crippen molar-refractivity contribution in [3.63, 3.8) is 0 Å². The van der Waals surface area contributed by atoms with Gasteiger partial charge in [0.05, 0.1) is 18.6 Å². The molecular weight excluding hydrogens is 250 g/mol. The molecule has 1 saturated carbocycles. The number of imidazole rings is 1. The summed E-state index contributed by atoms with van der Waals surface area (Å²) in [7, 11) is 1.74. The highest BCUT2D eigenvalue weighted by atomic mass is 16.5. The van der Waals surface area contributed by atoms with Gasteiger partial charge in [0.15, 0.2) is 0 Å². The highest BCUT2D eigenvalue weighted by Crippen LogP contribution is 2.38. The predicted octanol–water partition coefficient (Wildman–Crippen LogP) is 3.01. The molecule has 0 bridgehead atoms. The first-order valence-corrected chi connectivity index (χ1v) is 7.94. The first-order chi connectivity index (χ1) is 9.74. The molecule has 114 valence electrons. The van der Waals surface area contributed by atoms with Gasteiger partial charge >= 0.3 is 0 Å². The smallest absolute Gasteiger partial charge is 0.0951 e. The Kier molecular flexibility index (Phi) is 6.05. The topological polar surface area (TPSA) is 39.1 Å². The lowest BCUT2D eigenvalue weighted by molar-refractivity contribution is 0.179. The zero-order valence-corrected chi connectivity index (χ0v) is 13.1. The molecule has 1 heterocycles. The molecule has 1 N–H and O–H groups in total. The van der Waals surface area contributed by atoms with Crippen LogP contribution in [0.3, 0.4) is 0 Å². The van der Waals surface area contributed by atoms with E-state index in [1.807, 2.05) is 12.5 Å². The number of rotatable bonds is 7. The normalized spacial score (nSPS) is 23.4. The second kappa shape index (κ2) is 7.79. The van der Waals surface area contributed by atoms with E-state index in [9.17, 15) is 0 Å². The van der Waals surface area contributed by atoms with Gasteiger partial charge in [-0.1, -0.05) is 26.7 Å². The Hall–Kier alpha value is -0.870. The molecule has 4 heteroatoms. The lowest BCUT2D eigenvalue weighted by Gasteiger charge is -2.36. The van der Waals surface area contributed by atoms with E-state index in [0.717, 1.165) is 31.5 Å². The van der Waals surface area contributed by atoms with Crippen molar-refractivity contribution in [2.75, 3.05) is 20.3 Å². The third-order valence-electron chi connectivity index (χ3n) is 4.53. The zero-order chi connectivity index (χ0) is 14.4. The van der Waals surface area contributed by atoms with Gasteiger partial charge in [-0.2, -0.15) is 0 Å². The van der Waals surface area contributed by atoms with Gasteiger partial charge in [0.1, 0.15) is 0 Å². The van der Waals surface area contributed by atoms with Gasteiger partial charge < -0.3 is 14.6 Å². The van der Waals surface area contributed by atoms with Crippen LogP contribution in [-0.2, 0) is 11.3 Å². The fourth-order valence-electron chi connectivity index (χ4n) is 3.42. The van der Waals surface area contributed by atoms with E-state index < -0.39 is 0 Å². The summed E-state index contributed by atoms with van der Waals surface area (Å²) in [5.74, 6) is 1.53. The van der Waals surface area contributed by atoms with Crippen molar-refractivity contribution in [3.8, 4) is 0 Å². The number of ether oxygens (including phenoxy) is 1. The van der Waals surface area contributed by atoms with Crippen molar-refractivity contribution in [1.82, 2.24) is 14.9 Å². The van der Waals surface area contributed by atoms with Gasteiger partial charge in [0.25, 0.3) is 0 Å². The van der Waals surface area contributed by atoms with Crippen LogP contribution in [0.15, 0.2) is 12.5 Å². The summed E-state index contributed by atoms with van der Waals surface area (Å²) >= 11 is 0. The molecule has 2 unspecified atom stereocenters. The van der Waals surface area contributed by atoms with Crippen LogP contribution in [0.2, 0.25) is 0 Å². The fraction of sp³-hybridized carbons (Fsp3) is 0.812. The Labute approximate surface area is 122 Å². The quantitative estimate of drug-likeness (QED) is 0.780. The average molecular weight is 279 g/mol. The Morgan fingerprint density at radius 3 is 2.95 bits per heavy atom. The number of aromatic nitrogens is 2. The molecule has 1 fully saturated rings.